The molecule has 228 valence electrons. The number of aryl methyl sites for hydroxylation is 1. The highest BCUT2D eigenvalue weighted by molar-refractivity contribution is 5.97. The van der Waals surface area contributed by atoms with Crippen LogP contribution in [0.15, 0.2) is 85.7 Å². The van der Waals surface area contributed by atoms with Crippen molar-refractivity contribution in [1.29, 1.82) is 0 Å². The second-order valence-electron chi connectivity index (χ2n) is 11.9. The fourth-order valence-corrected chi connectivity index (χ4v) is 6.24. The second kappa shape index (κ2) is 13.3. The summed E-state index contributed by atoms with van der Waals surface area (Å²) in [6.07, 6.45) is 12.1. The summed E-state index contributed by atoms with van der Waals surface area (Å²) in [6.45, 7) is 4.17. The lowest BCUT2D eigenvalue weighted by Crippen LogP contribution is -2.46. The van der Waals surface area contributed by atoms with Crippen LogP contribution in [-0.2, 0) is 13.6 Å². The highest BCUT2D eigenvalue weighted by Crippen LogP contribution is 2.38. The van der Waals surface area contributed by atoms with E-state index in [1.165, 1.54) is 0 Å². The van der Waals surface area contributed by atoms with Crippen molar-refractivity contribution in [3.8, 4) is 5.75 Å². The van der Waals surface area contributed by atoms with Crippen LogP contribution in [0.1, 0.15) is 52.1 Å². The van der Waals surface area contributed by atoms with Crippen LogP contribution in [0.25, 0.3) is 0 Å². The molecule has 10 nitrogen and oxygen atoms in total. The maximum atomic E-state index is 14.2. The fraction of sp³-hybridized carbons (Fsp3) is 0.382. The normalized spacial score (nSPS) is 17.7. The van der Waals surface area contributed by atoms with Gasteiger partial charge in [0.1, 0.15) is 17.3 Å². The van der Waals surface area contributed by atoms with Crippen molar-refractivity contribution in [2.45, 2.75) is 32.2 Å². The molecule has 0 radical (unpaired) electrons. The van der Waals surface area contributed by atoms with Gasteiger partial charge >= 0.3 is 0 Å². The lowest BCUT2D eigenvalue weighted by atomic mass is 9.75. The number of hydrogen-bond donors (Lipinski definition) is 0. The summed E-state index contributed by atoms with van der Waals surface area (Å²) in [5.74, 6) is 1.31. The number of anilines is 1. The number of fused-ring (bicyclic) bond motifs is 1. The minimum atomic E-state index is -0.136. The number of rotatable bonds is 4. The molecule has 2 aromatic heterocycles. The van der Waals surface area contributed by atoms with Crippen molar-refractivity contribution in [2.75, 3.05) is 44.2 Å². The van der Waals surface area contributed by atoms with E-state index in [1.54, 1.807) is 35.7 Å². The van der Waals surface area contributed by atoms with Crippen molar-refractivity contribution >= 4 is 17.6 Å². The zero-order valence-corrected chi connectivity index (χ0v) is 25.2. The van der Waals surface area contributed by atoms with Crippen LogP contribution < -0.4 is 9.64 Å². The first-order valence-electron chi connectivity index (χ1n) is 15.3. The Labute approximate surface area is 258 Å². The number of ether oxygens (including phenoxy) is 1. The van der Waals surface area contributed by atoms with Gasteiger partial charge in [-0.05, 0) is 43.4 Å². The molecule has 2 amide bonds. The number of carbonyl (C=O) groups is 2. The largest absolute Gasteiger partial charge is 0.492 e. The third-order valence-corrected chi connectivity index (χ3v) is 8.84. The molecule has 1 saturated heterocycles. The highest BCUT2D eigenvalue weighted by atomic mass is 16.5. The van der Waals surface area contributed by atoms with E-state index in [4.69, 9.17) is 4.74 Å². The number of benzene rings is 2. The van der Waals surface area contributed by atoms with Gasteiger partial charge < -0.3 is 24.0 Å². The summed E-state index contributed by atoms with van der Waals surface area (Å²) in [5, 5.41) is 0. The van der Waals surface area contributed by atoms with Gasteiger partial charge in [-0.15, -0.1) is 0 Å². The van der Waals surface area contributed by atoms with Crippen LogP contribution >= 0.6 is 0 Å². The Kier molecular flexibility index (Phi) is 8.86. The van der Waals surface area contributed by atoms with Crippen LogP contribution in [0.4, 0.5) is 5.82 Å². The summed E-state index contributed by atoms with van der Waals surface area (Å²) in [6, 6.07) is 17.6. The predicted octanol–water partition coefficient (Wildman–Crippen LogP) is 4.45. The second-order valence-corrected chi connectivity index (χ2v) is 11.9. The molecule has 1 spiro atoms. The first-order valence-corrected chi connectivity index (χ1v) is 15.3. The molecule has 2 aliphatic heterocycles. The SMILES string of the molecule is Cn1cnc(C(=O)N2CCC3(CCCN(c4cnccn4)CCN(Cc4ccccc4)C(=O)c4ccccc4OC3)CC2)c1. The topological polar surface area (TPSA) is 96.7 Å². The van der Waals surface area contributed by atoms with Gasteiger partial charge in [-0.3, -0.25) is 14.6 Å². The number of aromatic nitrogens is 4. The summed E-state index contributed by atoms with van der Waals surface area (Å²) in [4.78, 5) is 46.5. The van der Waals surface area contributed by atoms with Gasteiger partial charge in [-0.2, -0.15) is 0 Å². The third-order valence-electron chi connectivity index (χ3n) is 8.84. The van der Waals surface area contributed by atoms with Gasteiger partial charge in [0.15, 0.2) is 0 Å². The van der Waals surface area contributed by atoms with E-state index in [9.17, 15) is 9.59 Å². The Morgan fingerprint density at radius 3 is 2.45 bits per heavy atom. The van der Waals surface area contributed by atoms with Crippen LogP contribution in [0.5, 0.6) is 5.75 Å². The third kappa shape index (κ3) is 6.74. The summed E-state index contributed by atoms with van der Waals surface area (Å²) in [5.41, 5.74) is 1.97. The van der Waals surface area contributed by atoms with Crippen molar-refractivity contribution in [1.82, 2.24) is 29.3 Å². The first-order chi connectivity index (χ1) is 21.5. The molecular formula is C34H39N7O3. The zero-order valence-electron chi connectivity index (χ0n) is 25.2. The summed E-state index contributed by atoms with van der Waals surface area (Å²) < 4.78 is 8.35. The standard InChI is InChI=1S/C34H39N7O3/c1-38-24-29(37-26-38)33(43)40-18-13-34(14-19-40)12-7-17-39(31-22-35-15-16-36-31)20-21-41(23-27-8-3-2-4-9-27)32(42)28-10-5-6-11-30(28)44-25-34/h2-6,8-11,15-16,22,24,26H,7,12-14,17-21,23,25H2,1H3. The van der Waals surface area contributed by atoms with E-state index < -0.39 is 0 Å². The first kappa shape index (κ1) is 29.3. The Bertz CT molecular complexity index is 1550. The Balaban J connectivity index is 1.27. The molecule has 1 fully saturated rings. The molecule has 0 bridgehead atoms. The lowest BCUT2D eigenvalue weighted by molar-refractivity contribution is 0.0360. The molecule has 10 heteroatoms. The van der Waals surface area contributed by atoms with E-state index >= 15 is 0 Å². The molecule has 44 heavy (non-hydrogen) atoms. The number of amides is 2. The smallest absolute Gasteiger partial charge is 0.274 e. The Morgan fingerprint density at radius 2 is 1.70 bits per heavy atom. The Hall–Kier alpha value is -4.73. The summed E-state index contributed by atoms with van der Waals surface area (Å²) in [7, 11) is 1.87. The number of carbonyl (C=O) groups excluding carboxylic acids is 2. The molecule has 2 aromatic carbocycles. The fourth-order valence-electron chi connectivity index (χ4n) is 6.24. The van der Waals surface area contributed by atoms with Crippen LogP contribution in [0.2, 0.25) is 0 Å². The number of para-hydroxylation sites is 1. The van der Waals surface area contributed by atoms with Crippen molar-refractivity contribution in [2.24, 2.45) is 12.5 Å². The van der Waals surface area contributed by atoms with Crippen molar-refractivity contribution in [3.05, 3.63) is 103 Å². The van der Waals surface area contributed by atoms with Crippen LogP contribution in [-0.4, -0.2) is 80.5 Å². The molecule has 0 atom stereocenters. The molecule has 6 rings (SSSR count). The average Bonchev–Trinajstić information content (AvgIpc) is 3.51. The zero-order chi connectivity index (χ0) is 30.4. The molecule has 0 aliphatic carbocycles. The number of piperidine rings is 1. The van der Waals surface area contributed by atoms with E-state index in [0.29, 0.717) is 56.3 Å². The molecule has 4 aromatic rings. The average molecular weight is 594 g/mol. The number of imidazole rings is 1. The van der Waals surface area contributed by atoms with Gasteiger partial charge in [-0.25, -0.2) is 9.97 Å². The summed E-state index contributed by atoms with van der Waals surface area (Å²) >= 11 is 0. The number of likely N-dealkylation sites (tertiary alicyclic amines) is 1. The molecule has 0 saturated carbocycles. The van der Waals surface area contributed by atoms with Gasteiger partial charge in [0.05, 0.1) is 24.7 Å². The number of nitrogens with zero attached hydrogens (tertiary/aromatic N) is 7. The van der Waals surface area contributed by atoms with E-state index in [0.717, 1.165) is 43.6 Å². The quantitative estimate of drug-likeness (QED) is 0.345. The van der Waals surface area contributed by atoms with Crippen molar-refractivity contribution in [3.63, 3.8) is 0 Å². The van der Waals surface area contributed by atoms with Gasteiger partial charge in [0, 0.05) is 70.3 Å². The molecule has 0 unspecified atom stereocenters. The molecular weight excluding hydrogens is 554 g/mol. The van der Waals surface area contributed by atoms with E-state index in [-0.39, 0.29) is 17.2 Å². The monoisotopic (exact) mass is 593 g/mol. The molecule has 4 heterocycles. The van der Waals surface area contributed by atoms with E-state index in [1.807, 2.05) is 71.4 Å². The molecule has 0 N–H and O–H groups in total. The Morgan fingerprint density at radius 1 is 0.909 bits per heavy atom. The van der Waals surface area contributed by atoms with Crippen LogP contribution in [0.3, 0.4) is 0 Å². The van der Waals surface area contributed by atoms with Crippen LogP contribution in [0, 0.1) is 5.41 Å². The minimum Gasteiger partial charge on any atom is -0.492 e. The van der Waals surface area contributed by atoms with Gasteiger partial charge in [0.25, 0.3) is 11.8 Å². The minimum absolute atomic E-state index is 0.0331. The van der Waals surface area contributed by atoms with E-state index in [2.05, 4.69) is 19.9 Å². The highest BCUT2D eigenvalue weighted by Gasteiger charge is 2.38. The maximum absolute atomic E-state index is 14.2. The lowest BCUT2D eigenvalue weighted by Gasteiger charge is -2.42. The number of hydrogen-bond acceptors (Lipinski definition) is 7. The maximum Gasteiger partial charge on any atom is 0.274 e. The molecule has 2 aliphatic rings. The van der Waals surface area contributed by atoms with Gasteiger partial charge in [0.2, 0.25) is 0 Å². The van der Waals surface area contributed by atoms with Crippen molar-refractivity contribution < 1.29 is 14.3 Å². The van der Waals surface area contributed by atoms with Gasteiger partial charge in [-0.1, -0.05) is 42.5 Å². The predicted molar refractivity (Wildman–Crippen MR) is 167 cm³/mol.